The number of ether oxygens (including phenoxy) is 1. The summed E-state index contributed by atoms with van der Waals surface area (Å²) < 4.78 is 5.38. The molecule has 3 N–H and O–H groups in total. The van der Waals surface area contributed by atoms with Gasteiger partial charge in [-0.2, -0.15) is 15.3 Å². The average Bonchev–Trinajstić information content (AvgIpc) is 3.00. The number of hydrogen-bond donors (Lipinski definition) is 3. The predicted molar refractivity (Wildman–Crippen MR) is 77.1 cm³/mol. The molecule has 0 aliphatic heterocycles. The van der Waals surface area contributed by atoms with Crippen molar-refractivity contribution in [2.45, 2.75) is 26.2 Å². The Morgan fingerprint density at radius 3 is 3.00 bits per heavy atom. The summed E-state index contributed by atoms with van der Waals surface area (Å²) in [5.74, 6) is -0.0713. The Kier molecular flexibility index (Phi) is 8.24. The standard InChI is InChI=1S/C13H20N6O2/c1-2-3-6-21-7-4-5-15-12(20)11(8-14)9-16-13-17-10-18-19-13/h9-10H,2-7H2,1H3,(H,15,20)(H2,16,17,18,19)/b11-9-. The van der Waals surface area contributed by atoms with Crippen molar-refractivity contribution in [3.63, 3.8) is 0 Å². The van der Waals surface area contributed by atoms with E-state index in [1.807, 2.05) is 6.07 Å². The molecule has 21 heavy (non-hydrogen) atoms. The first-order chi connectivity index (χ1) is 10.3. The van der Waals surface area contributed by atoms with E-state index in [1.165, 1.54) is 12.5 Å². The van der Waals surface area contributed by atoms with E-state index < -0.39 is 5.91 Å². The molecular formula is C13H20N6O2. The van der Waals surface area contributed by atoms with Crippen molar-refractivity contribution < 1.29 is 9.53 Å². The third kappa shape index (κ3) is 7.08. The first-order valence-corrected chi connectivity index (χ1v) is 6.86. The number of carbonyl (C=O) groups is 1. The van der Waals surface area contributed by atoms with Gasteiger partial charge in [-0.25, -0.2) is 5.10 Å². The summed E-state index contributed by atoms with van der Waals surface area (Å²) in [6.45, 7) is 3.91. The Morgan fingerprint density at radius 1 is 1.52 bits per heavy atom. The predicted octanol–water partition coefficient (Wildman–Crippen LogP) is 0.947. The van der Waals surface area contributed by atoms with Crippen LogP contribution in [0.25, 0.3) is 0 Å². The number of nitriles is 1. The van der Waals surface area contributed by atoms with Gasteiger partial charge in [0.2, 0.25) is 5.95 Å². The Hall–Kier alpha value is -2.40. The Balaban J connectivity index is 2.22. The molecule has 114 valence electrons. The van der Waals surface area contributed by atoms with E-state index in [2.05, 4.69) is 32.7 Å². The maximum atomic E-state index is 11.7. The number of nitrogens with one attached hydrogen (secondary N) is 3. The lowest BCUT2D eigenvalue weighted by molar-refractivity contribution is -0.117. The van der Waals surface area contributed by atoms with E-state index in [0.717, 1.165) is 19.4 Å². The fourth-order valence-corrected chi connectivity index (χ4v) is 1.38. The van der Waals surface area contributed by atoms with Crippen LogP contribution in [0.2, 0.25) is 0 Å². The van der Waals surface area contributed by atoms with Crippen LogP contribution in [0.1, 0.15) is 26.2 Å². The molecule has 0 aromatic carbocycles. The number of anilines is 1. The van der Waals surface area contributed by atoms with E-state index in [0.29, 0.717) is 25.5 Å². The van der Waals surface area contributed by atoms with E-state index in [9.17, 15) is 4.79 Å². The molecule has 0 saturated heterocycles. The van der Waals surface area contributed by atoms with Crippen LogP contribution in [0.5, 0.6) is 0 Å². The lowest BCUT2D eigenvalue weighted by Crippen LogP contribution is -2.26. The summed E-state index contributed by atoms with van der Waals surface area (Å²) in [5, 5.41) is 20.5. The summed E-state index contributed by atoms with van der Waals surface area (Å²) >= 11 is 0. The molecule has 0 aliphatic carbocycles. The third-order valence-electron chi connectivity index (χ3n) is 2.53. The molecule has 0 bridgehead atoms. The number of nitrogens with zero attached hydrogens (tertiary/aromatic N) is 3. The van der Waals surface area contributed by atoms with E-state index in [1.54, 1.807) is 0 Å². The van der Waals surface area contributed by atoms with Crippen LogP contribution in [0.4, 0.5) is 5.95 Å². The molecule has 0 fully saturated rings. The van der Waals surface area contributed by atoms with Crippen LogP contribution >= 0.6 is 0 Å². The number of aromatic amines is 1. The normalized spacial score (nSPS) is 11.0. The molecule has 0 atom stereocenters. The molecule has 0 aliphatic rings. The summed E-state index contributed by atoms with van der Waals surface area (Å²) in [6, 6.07) is 1.83. The number of rotatable bonds is 10. The molecule has 0 saturated carbocycles. The second-order valence-electron chi connectivity index (χ2n) is 4.22. The highest BCUT2D eigenvalue weighted by Gasteiger charge is 2.07. The van der Waals surface area contributed by atoms with Crippen molar-refractivity contribution in [3.8, 4) is 6.07 Å². The van der Waals surface area contributed by atoms with Crippen LogP contribution in [-0.2, 0) is 9.53 Å². The molecule has 0 radical (unpaired) electrons. The molecular weight excluding hydrogens is 272 g/mol. The van der Waals surface area contributed by atoms with Gasteiger partial charge < -0.3 is 15.4 Å². The molecule has 1 heterocycles. The van der Waals surface area contributed by atoms with Gasteiger partial charge in [-0.05, 0) is 12.8 Å². The lowest BCUT2D eigenvalue weighted by Gasteiger charge is -2.05. The van der Waals surface area contributed by atoms with Crippen LogP contribution in [-0.4, -0.2) is 40.8 Å². The third-order valence-corrected chi connectivity index (χ3v) is 2.53. The number of carbonyl (C=O) groups excluding carboxylic acids is 1. The molecule has 1 aromatic heterocycles. The summed E-state index contributed by atoms with van der Waals surface area (Å²) in [5.41, 5.74) is -0.0294. The SMILES string of the molecule is CCCCOCCCNC(=O)/C(C#N)=C\Nc1ncn[nH]1. The minimum Gasteiger partial charge on any atom is -0.381 e. The Bertz CT molecular complexity index is 477. The molecule has 1 aromatic rings. The van der Waals surface area contributed by atoms with Crippen molar-refractivity contribution >= 4 is 11.9 Å². The van der Waals surface area contributed by atoms with Crippen LogP contribution in [0.3, 0.4) is 0 Å². The van der Waals surface area contributed by atoms with Crippen molar-refractivity contribution in [1.82, 2.24) is 20.5 Å². The summed E-state index contributed by atoms with van der Waals surface area (Å²) in [6.07, 6.45) is 5.46. The maximum Gasteiger partial charge on any atom is 0.263 e. The lowest BCUT2D eigenvalue weighted by atomic mass is 10.3. The average molecular weight is 292 g/mol. The second kappa shape index (κ2) is 10.4. The summed E-state index contributed by atoms with van der Waals surface area (Å²) in [7, 11) is 0. The number of hydrogen-bond acceptors (Lipinski definition) is 6. The molecule has 1 rings (SSSR count). The molecule has 0 spiro atoms. The van der Waals surface area contributed by atoms with Gasteiger partial charge >= 0.3 is 0 Å². The largest absolute Gasteiger partial charge is 0.381 e. The molecule has 1 amide bonds. The second-order valence-corrected chi connectivity index (χ2v) is 4.22. The van der Waals surface area contributed by atoms with E-state index in [4.69, 9.17) is 10.00 Å². The fraction of sp³-hybridized carbons (Fsp3) is 0.538. The van der Waals surface area contributed by atoms with E-state index in [-0.39, 0.29) is 5.57 Å². The zero-order chi connectivity index (χ0) is 15.3. The zero-order valence-electron chi connectivity index (χ0n) is 12.1. The first-order valence-electron chi connectivity index (χ1n) is 6.86. The van der Waals surface area contributed by atoms with Crippen molar-refractivity contribution in [2.24, 2.45) is 0 Å². The molecule has 8 nitrogen and oxygen atoms in total. The fourth-order valence-electron chi connectivity index (χ4n) is 1.38. The van der Waals surface area contributed by atoms with Gasteiger partial charge in [0.15, 0.2) is 0 Å². The van der Waals surface area contributed by atoms with Crippen molar-refractivity contribution in [1.29, 1.82) is 5.26 Å². The Morgan fingerprint density at radius 2 is 2.33 bits per heavy atom. The van der Waals surface area contributed by atoms with E-state index >= 15 is 0 Å². The minimum absolute atomic E-state index is 0.0294. The first kappa shape index (κ1) is 16.7. The van der Waals surface area contributed by atoms with Crippen LogP contribution < -0.4 is 10.6 Å². The molecule has 8 heteroatoms. The summed E-state index contributed by atoms with van der Waals surface area (Å²) in [4.78, 5) is 15.6. The minimum atomic E-state index is -0.432. The van der Waals surface area contributed by atoms with Crippen molar-refractivity contribution in [3.05, 3.63) is 18.1 Å². The topological polar surface area (TPSA) is 116 Å². The van der Waals surface area contributed by atoms with Gasteiger partial charge in [0.1, 0.15) is 18.0 Å². The number of aromatic nitrogens is 3. The highest BCUT2D eigenvalue weighted by Crippen LogP contribution is 1.97. The van der Waals surface area contributed by atoms with Gasteiger partial charge in [-0.3, -0.25) is 4.79 Å². The highest BCUT2D eigenvalue weighted by atomic mass is 16.5. The maximum absolute atomic E-state index is 11.7. The molecule has 0 unspecified atom stereocenters. The van der Waals surface area contributed by atoms with Crippen LogP contribution in [0.15, 0.2) is 18.1 Å². The quantitative estimate of drug-likeness (QED) is 0.336. The Labute approximate surface area is 123 Å². The number of H-pyrrole nitrogens is 1. The highest BCUT2D eigenvalue weighted by molar-refractivity contribution is 5.97. The zero-order valence-corrected chi connectivity index (χ0v) is 12.1. The van der Waals surface area contributed by atoms with Gasteiger partial charge in [0.25, 0.3) is 5.91 Å². The number of amides is 1. The van der Waals surface area contributed by atoms with Crippen molar-refractivity contribution in [2.75, 3.05) is 25.1 Å². The van der Waals surface area contributed by atoms with Gasteiger partial charge in [-0.1, -0.05) is 13.3 Å². The monoisotopic (exact) mass is 292 g/mol. The van der Waals surface area contributed by atoms with Gasteiger partial charge in [0, 0.05) is 26.0 Å². The van der Waals surface area contributed by atoms with Gasteiger partial charge in [0.05, 0.1) is 0 Å². The smallest absolute Gasteiger partial charge is 0.263 e. The van der Waals surface area contributed by atoms with Gasteiger partial charge in [-0.15, -0.1) is 0 Å². The number of unbranched alkanes of at least 4 members (excludes halogenated alkanes) is 1. The van der Waals surface area contributed by atoms with Crippen LogP contribution in [0, 0.1) is 11.3 Å².